The van der Waals surface area contributed by atoms with Gasteiger partial charge in [0.2, 0.25) is 17.7 Å². The summed E-state index contributed by atoms with van der Waals surface area (Å²) in [5.41, 5.74) is 2.16. The van der Waals surface area contributed by atoms with E-state index in [4.69, 9.17) is 4.42 Å². The minimum atomic E-state index is 0.0838. The van der Waals surface area contributed by atoms with Crippen LogP contribution in [0.2, 0.25) is 0 Å². The maximum absolute atomic E-state index is 5.93. The lowest BCUT2D eigenvalue weighted by Crippen LogP contribution is -2.47. The summed E-state index contributed by atoms with van der Waals surface area (Å²) in [6, 6.07) is 10.0. The molecule has 1 saturated heterocycles. The first-order valence-corrected chi connectivity index (χ1v) is 8.87. The van der Waals surface area contributed by atoms with E-state index in [1.807, 2.05) is 30.3 Å². The number of benzene rings is 1. The molecule has 1 aliphatic rings. The van der Waals surface area contributed by atoms with E-state index >= 15 is 0 Å². The van der Waals surface area contributed by atoms with Gasteiger partial charge in [-0.1, -0.05) is 17.7 Å². The second kappa shape index (κ2) is 7.21. The molecule has 7 heteroatoms. The number of hydrogen-bond donors (Lipinski definition) is 0. The summed E-state index contributed by atoms with van der Waals surface area (Å²) in [7, 11) is 0. The normalized spacial score (nSPS) is 16.6. The van der Waals surface area contributed by atoms with Crippen molar-refractivity contribution in [2.24, 2.45) is 0 Å². The van der Waals surface area contributed by atoms with Crippen LogP contribution in [0.5, 0.6) is 0 Å². The first-order valence-electron chi connectivity index (χ1n) is 8.87. The predicted octanol–water partition coefficient (Wildman–Crippen LogP) is 2.72. The third-order valence-electron chi connectivity index (χ3n) is 4.79. The largest absolute Gasteiger partial charge is 0.419 e. The van der Waals surface area contributed by atoms with E-state index in [-0.39, 0.29) is 6.04 Å². The topological polar surface area (TPSA) is 71.2 Å². The highest BCUT2D eigenvalue weighted by atomic mass is 16.4. The van der Waals surface area contributed by atoms with E-state index in [1.54, 1.807) is 12.4 Å². The molecule has 0 spiro atoms. The molecule has 7 nitrogen and oxygen atoms in total. The molecule has 0 saturated carbocycles. The lowest BCUT2D eigenvalue weighted by atomic mass is 10.1. The quantitative estimate of drug-likeness (QED) is 0.716. The van der Waals surface area contributed by atoms with Crippen LogP contribution >= 0.6 is 0 Å². The van der Waals surface area contributed by atoms with Gasteiger partial charge in [-0.3, -0.25) is 4.90 Å². The summed E-state index contributed by atoms with van der Waals surface area (Å²) >= 11 is 0. The van der Waals surface area contributed by atoms with E-state index in [9.17, 15) is 0 Å². The van der Waals surface area contributed by atoms with Crippen LogP contribution in [-0.2, 0) is 0 Å². The molecule has 3 heterocycles. The Balaban J connectivity index is 1.41. The zero-order chi connectivity index (χ0) is 17.9. The summed E-state index contributed by atoms with van der Waals surface area (Å²) in [6.07, 6.45) is 3.56. The summed E-state index contributed by atoms with van der Waals surface area (Å²) in [5, 5.41) is 8.49. The van der Waals surface area contributed by atoms with Crippen molar-refractivity contribution < 1.29 is 4.42 Å². The number of anilines is 1. The molecule has 2 aromatic heterocycles. The molecule has 3 aromatic rings. The van der Waals surface area contributed by atoms with Crippen LogP contribution in [0.1, 0.15) is 24.4 Å². The van der Waals surface area contributed by atoms with Gasteiger partial charge in [0.25, 0.3) is 0 Å². The van der Waals surface area contributed by atoms with Crippen LogP contribution in [0, 0.1) is 6.92 Å². The zero-order valence-electron chi connectivity index (χ0n) is 15.0. The van der Waals surface area contributed by atoms with Crippen molar-refractivity contribution in [3.8, 4) is 11.5 Å². The predicted molar refractivity (Wildman–Crippen MR) is 98.7 cm³/mol. The first-order chi connectivity index (χ1) is 12.7. The molecular formula is C19H22N6O. The van der Waals surface area contributed by atoms with E-state index in [1.165, 1.54) is 5.56 Å². The lowest BCUT2D eigenvalue weighted by molar-refractivity contribution is 0.173. The van der Waals surface area contributed by atoms with Crippen LogP contribution in [0.15, 0.2) is 47.1 Å². The Labute approximate surface area is 152 Å². The highest BCUT2D eigenvalue weighted by Gasteiger charge is 2.26. The summed E-state index contributed by atoms with van der Waals surface area (Å²) in [4.78, 5) is 13.2. The average molecular weight is 350 g/mol. The number of piperazine rings is 1. The molecule has 0 amide bonds. The van der Waals surface area contributed by atoms with Crippen molar-refractivity contribution >= 4 is 5.95 Å². The summed E-state index contributed by atoms with van der Waals surface area (Å²) in [6.45, 7) is 7.75. The molecule has 4 rings (SSSR count). The van der Waals surface area contributed by atoms with Crippen molar-refractivity contribution in [1.82, 2.24) is 25.1 Å². The fourth-order valence-electron chi connectivity index (χ4n) is 3.14. The first kappa shape index (κ1) is 16.7. The Morgan fingerprint density at radius 2 is 1.65 bits per heavy atom. The molecular weight excluding hydrogens is 328 g/mol. The second-order valence-electron chi connectivity index (χ2n) is 6.56. The van der Waals surface area contributed by atoms with Gasteiger partial charge < -0.3 is 9.32 Å². The Morgan fingerprint density at radius 3 is 2.35 bits per heavy atom. The number of aryl methyl sites for hydroxylation is 1. The molecule has 0 N–H and O–H groups in total. The van der Waals surface area contributed by atoms with Gasteiger partial charge in [-0.2, -0.15) is 0 Å². The SMILES string of the molecule is Cc1ccc(-c2nnc([C@@H](C)N3CCN(c4ncccn4)CC3)o2)cc1. The van der Waals surface area contributed by atoms with Gasteiger partial charge in [0.15, 0.2) is 0 Å². The van der Waals surface area contributed by atoms with Crippen molar-refractivity contribution in [3.05, 3.63) is 54.2 Å². The van der Waals surface area contributed by atoms with Gasteiger partial charge in [0.05, 0.1) is 6.04 Å². The molecule has 134 valence electrons. The van der Waals surface area contributed by atoms with Gasteiger partial charge in [0.1, 0.15) is 0 Å². The van der Waals surface area contributed by atoms with Crippen LogP contribution < -0.4 is 4.90 Å². The van der Waals surface area contributed by atoms with Gasteiger partial charge in [-0.05, 0) is 32.0 Å². The maximum atomic E-state index is 5.93. The lowest BCUT2D eigenvalue weighted by Gasteiger charge is -2.36. The van der Waals surface area contributed by atoms with Crippen molar-refractivity contribution in [2.45, 2.75) is 19.9 Å². The average Bonchev–Trinajstić information content (AvgIpc) is 3.19. The third kappa shape index (κ3) is 3.43. The summed E-state index contributed by atoms with van der Waals surface area (Å²) in [5.74, 6) is 2.02. The minimum absolute atomic E-state index is 0.0838. The number of nitrogens with zero attached hydrogens (tertiary/aromatic N) is 6. The Morgan fingerprint density at radius 1 is 0.962 bits per heavy atom. The highest BCUT2D eigenvalue weighted by Crippen LogP contribution is 2.25. The van der Waals surface area contributed by atoms with E-state index < -0.39 is 0 Å². The fraction of sp³-hybridized carbons (Fsp3) is 0.368. The van der Waals surface area contributed by atoms with Gasteiger partial charge in [0, 0.05) is 44.1 Å². The molecule has 0 bridgehead atoms. The van der Waals surface area contributed by atoms with Crippen molar-refractivity contribution in [2.75, 3.05) is 31.1 Å². The molecule has 1 aliphatic heterocycles. The van der Waals surface area contributed by atoms with Crippen molar-refractivity contribution in [1.29, 1.82) is 0 Å². The van der Waals surface area contributed by atoms with Crippen LogP contribution in [0.25, 0.3) is 11.5 Å². The van der Waals surface area contributed by atoms with Crippen LogP contribution in [-0.4, -0.2) is 51.2 Å². The zero-order valence-corrected chi connectivity index (χ0v) is 15.0. The van der Waals surface area contributed by atoms with E-state index in [0.717, 1.165) is 37.7 Å². The Bertz CT molecular complexity index is 840. The standard InChI is InChI=1S/C19H22N6O/c1-14-4-6-16(7-5-14)18-23-22-17(26-18)15(2)24-10-12-25(13-11-24)19-20-8-3-9-21-19/h3-9,15H,10-13H2,1-2H3/t15-/m1/s1. The summed E-state index contributed by atoms with van der Waals surface area (Å²) < 4.78 is 5.93. The van der Waals surface area contributed by atoms with E-state index in [0.29, 0.717) is 11.8 Å². The number of aromatic nitrogens is 4. The van der Waals surface area contributed by atoms with Gasteiger partial charge >= 0.3 is 0 Å². The molecule has 0 aliphatic carbocycles. The minimum Gasteiger partial charge on any atom is -0.419 e. The van der Waals surface area contributed by atoms with Crippen molar-refractivity contribution in [3.63, 3.8) is 0 Å². The highest BCUT2D eigenvalue weighted by molar-refractivity contribution is 5.52. The molecule has 1 atom stereocenters. The molecule has 1 fully saturated rings. The molecule has 0 radical (unpaired) electrons. The molecule has 0 unspecified atom stereocenters. The third-order valence-corrected chi connectivity index (χ3v) is 4.79. The van der Waals surface area contributed by atoms with Crippen LogP contribution in [0.3, 0.4) is 0 Å². The molecule has 1 aromatic carbocycles. The number of rotatable bonds is 4. The Kier molecular flexibility index (Phi) is 4.62. The molecule has 26 heavy (non-hydrogen) atoms. The maximum Gasteiger partial charge on any atom is 0.247 e. The monoisotopic (exact) mass is 350 g/mol. The van der Waals surface area contributed by atoms with Crippen LogP contribution in [0.4, 0.5) is 5.95 Å². The second-order valence-corrected chi connectivity index (χ2v) is 6.56. The fourth-order valence-corrected chi connectivity index (χ4v) is 3.14. The number of hydrogen-bond acceptors (Lipinski definition) is 7. The Hall–Kier alpha value is -2.80. The smallest absolute Gasteiger partial charge is 0.247 e. The van der Waals surface area contributed by atoms with E-state index in [2.05, 4.69) is 43.8 Å². The van der Waals surface area contributed by atoms with Gasteiger partial charge in [-0.15, -0.1) is 10.2 Å². The van der Waals surface area contributed by atoms with Gasteiger partial charge in [-0.25, -0.2) is 9.97 Å².